The summed E-state index contributed by atoms with van der Waals surface area (Å²) in [7, 11) is 0. The van der Waals surface area contributed by atoms with Crippen molar-refractivity contribution in [3.8, 4) is 0 Å². The zero-order valence-corrected chi connectivity index (χ0v) is 12.7. The third-order valence-corrected chi connectivity index (χ3v) is 4.34. The van der Waals surface area contributed by atoms with E-state index < -0.39 is 12.1 Å². The van der Waals surface area contributed by atoms with Crippen molar-refractivity contribution in [2.24, 2.45) is 11.8 Å². The highest BCUT2D eigenvalue weighted by Crippen LogP contribution is 2.40. The van der Waals surface area contributed by atoms with Gasteiger partial charge in [0, 0.05) is 6.04 Å². The number of allylic oxidation sites excluding steroid dienone is 1. The van der Waals surface area contributed by atoms with Crippen molar-refractivity contribution in [2.75, 3.05) is 6.54 Å². The van der Waals surface area contributed by atoms with Crippen LogP contribution in [-0.4, -0.2) is 18.8 Å². The standard InChI is InChI=1S/C16H28F3N/c1-4-11-20-15(10-5-12(2)3)13-6-8-14(9-7-13)16(17,18)19/h13-15,20H,2,4-11H2,1,3H3. The van der Waals surface area contributed by atoms with Gasteiger partial charge < -0.3 is 5.32 Å². The fourth-order valence-corrected chi connectivity index (χ4v) is 3.08. The minimum Gasteiger partial charge on any atom is -0.314 e. The molecule has 1 rings (SSSR count). The normalized spacial score (nSPS) is 25.4. The van der Waals surface area contributed by atoms with Gasteiger partial charge in [-0.15, -0.1) is 6.58 Å². The summed E-state index contributed by atoms with van der Waals surface area (Å²) in [6, 6.07) is 0.348. The van der Waals surface area contributed by atoms with Crippen molar-refractivity contribution in [1.82, 2.24) is 5.32 Å². The molecule has 1 aliphatic carbocycles. The van der Waals surface area contributed by atoms with Gasteiger partial charge in [0.25, 0.3) is 0 Å². The molecule has 0 aromatic carbocycles. The molecular weight excluding hydrogens is 263 g/mol. The summed E-state index contributed by atoms with van der Waals surface area (Å²) in [5, 5.41) is 3.53. The van der Waals surface area contributed by atoms with Crippen LogP contribution in [0.5, 0.6) is 0 Å². The fraction of sp³-hybridized carbons (Fsp3) is 0.875. The van der Waals surface area contributed by atoms with Crippen LogP contribution in [0.3, 0.4) is 0 Å². The first-order chi connectivity index (χ1) is 9.34. The molecule has 1 aliphatic rings. The molecule has 1 fully saturated rings. The van der Waals surface area contributed by atoms with Gasteiger partial charge in [0.15, 0.2) is 0 Å². The van der Waals surface area contributed by atoms with Crippen LogP contribution in [0, 0.1) is 11.8 Å². The summed E-state index contributed by atoms with van der Waals surface area (Å²) in [4.78, 5) is 0. The zero-order valence-electron chi connectivity index (χ0n) is 12.7. The molecule has 0 spiro atoms. The number of halogens is 3. The van der Waals surface area contributed by atoms with Crippen LogP contribution in [0.25, 0.3) is 0 Å². The van der Waals surface area contributed by atoms with Crippen molar-refractivity contribution in [2.45, 2.75) is 71.0 Å². The summed E-state index contributed by atoms with van der Waals surface area (Å²) in [6.07, 6.45) is 0.994. The Kier molecular flexibility index (Phi) is 7.07. The lowest BCUT2D eigenvalue weighted by Gasteiger charge is -2.35. The lowest BCUT2D eigenvalue weighted by Crippen LogP contribution is -2.40. The SMILES string of the molecule is C=C(C)CCC(NCCC)C1CCC(C(F)(F)F)CC1. The van der Waals surface area contributed by atoms with Gasteiger partial charge in [-0.2, -0.15) is 13.2 Å². The third kappa shape index (κ3) is 5.86. The van der Waals surface area contributed by atoms with Gasteiger partial charge in [0.1, 0.15) is 0 Å². The molecule has 1 nitrogen and oxygen atoms in total. The molecule has 0 aliphatic heterocycles. The van der Waals surface area contributed by atoms with Gasteiger partial charge in [-0.1, -0.05) is 12.5 Å². The fourth-order valence-electron chi connectivity index (χ4n) is 3.08. The van der Waals surface area contributed by atoms with Crippen molar-refractivity contribution in [1.29, 1.82) is 0 Å². The Hall–Kier alpha value is -0.510. The molecule has 0 aromatic heterocycles. The molecule has 0 radical (unpaired) electrons. The molecule has 1 unspecified atom stereocenters. The van der Waals surface area contributed by atoms with Gasteiger partial charge in [-0.3, -0.25) is 0 Å². The summed E-state index contributed by atoms with van der Waals surface area (Å²) < 4.78 is 38.1. The summed E-state index contributed by atoms with van der Waals surface area (Å²) in [5.74, 6) is -0.689. The van der Waals surface area contributed by atoms with Gasteiger partial charge in [-0.25, -0.2) is 0 Å². The molecular formula is C16H28F3N. The zero-order chi connectivity index (χ0) is 15.2. The van der Waals surface area contributed by atoms with Crippen LogP contribution in [0.2, 0.25) is 0 Å². The Morgan fingerprint density at radius 3 is 2.30 bits per heavy atom. The van der Waals surface area contributed by atoms with Crippen molar-refractivity contribution < 1.29 is 13.2 Å². The Bertz CT molecular complexity index is 291. The summed E-state index contributed by atoms with van der Waals surface area (Å²) in [6.45, 7) is 8.99. The van der Waals surface area contributed by atoms with Crippen LogP contribution < -0.4 is 5.32 Å². The molecule has 1 N–H and O–H groups in total. The molecule has 0 aromatic rings. The highest BCUT2D eigenvalue weighted by molar-refractivity contribution is 4.92. The number of alkyl halides is 3. The first-order valence-electron chi connectivity index (χ1n) is 7.79. The predicted molar refractivity (Wildman–Crippen MR) is 77.6 cm³/mol. The molecule has 0 bridgehead atoms. The Morgan fingerprint density at radius 1 is 1.25 bits per heavy atom. The number of hydrogen-bond acceptors (Lipinski definition) is 1. The summed E-state index contributed by atoms with van der Waals surface area (Å²) in [5.41, 5.74) is 1.15. The maximum atomic E-state index is 12.7. The minimum absolute atomic E-state index is 0.297. The van der Waals surface area contributed by atoms with Crippen LogP contribution in [-0.2, 0) is 0 Å². The van der Waals surface area contributed by atoms with Gasteiger partial charge in [0.05, 0.1) is 5.92 Å². The average Bonchev–Trinajstić information content (AvgIpc) is 2.38. The van der Waals surface area contributed by atoms with Crippen LogP contribution in [0.1, 0.15) is 58.8 Å². The first kappa shape index (κ1) is 17.5. The van der Waals surface area contributed by atoms with E-state index in [1.165, 1.54) is 0 Å². The quantitative estimate of drug-likeness (QED) is 0.645. The molecule has 0 heterocycles. The van der Waals surface area contributed by atoms with E-state index in [9.17, 15) is 13.2 Å². The van der Waals surface area contributed by atoms with E-state index in [1.807, 2.05) is 6.92 Å². The van der Waals surface area contributed by atoms with E-state index in [0.717, 1.165) is 31.4 Å². The lowest BCUT2D eigenvalue weighted by molar-refractivity contribution is -0.184. The second-order valence-corrected chi connectivity index (χ2v) is 6.21. The topological polar surface area (TPSA) is 12.0 Å². The Labute approximate surface area is 121 Å². The third-order valence-electron chi connectivity index (χ3n) is 4.34. The van der Waals surface area contributed by atoms with E-state index in [1.54, 1.807) is 0 Å². The highest BCUT2D eigenvalue weighted by atomic mass is 19.4. The maximum Gasteiger partial charge on any atom is 0.391 e. The molecule has 20 heavy (non-hydrogen) atoms. The minimum atomic E-state index is -4.00. The second kappa shape index (κ2) is 8.06. The van der Waals surface area contributed by atoms with Crippen LogP contribution in [0.4, 0.5) is 13.2 Å². The second-order valence-electron chi connectivity index (χ2n) is 6.21. The van der Waals surface area contributed by atoms with E-state index in [2.05, 4.69) is 18.8 Å². The largest absolute Gasteiger partial charge is 0.391 e. The smallest absolute Gasteiger partial charge is 0.314 e. The molecule has 0 saturated heterocycles. The Balaban J connectivity index is 2.49. The van der Waals surface area contributed by atoms with Gasteiger partial charge in [0.2, 0.25) is 0 Å². The van der Waals surface area contributed by atoms with E-state index >= 15 is 0 Å². The first-order valence-corrected chi connectivity index (χ1v) is 7.79. The van der Waals surface area contributed by atoms with Gasteiger partial charge in [-0.05, 0) is 64.3 Å². The van der Waals surface area contributed by atoms with Crippen molar-refractivity contribution in [3.05, 3.63) is 12.2 Å². The molecule has 118 valence electrons. The highest BCUT2D eigenvalue weighted by Gasteiger charge is 2.42. The number of nitrogens with one attached hydrogen (secondary N) is 1. The van der Waals surface area contributed by atoms with E-state index in [0.29, 0.717) is 37.6 Å². The van der Waals surface area contributed by atoms with Crippen LogP contribution in [0.15, 0.2) is 12.2 Å². The average molecular weight is 291 g/mol. The van der Waals surface area contributed by atoms with E-state index in [4.69, 9.17) is 0 Å². The molecule has 0 amide bonds. The predicted octanol–water partition coefficient (Wildman–Crippen LogP) is 5.08. The maximum absolute atomic E-state index is 12.7. The number of rotatable bonds is 7. The Morgan fingerprint density at radius 2 is 1.85 bits per heavy atom. The molecule has 4 heteroatoms. The molecule has 1 saturated carbocycles. The van der Waals surface area contributed by atoms with Crippen LogP contribution >= 0.6 is 0 Å². The van der Waals surface area contributed by atoms with Crippen molar-refractivity contribution in [3.63, 3.8) is 0 Å². The monoisotopic (exact) mass is 291 g/mol. The van der Waals surface area contributed by atoms with Gasteiger partial charge >= 0.3 is 6.18 Å². The molecule has 1 atom stereocenters. The summed E-state index contributed by atoms with van der Waals surface area (Å²) >= 11 is 0. The lowest BCUT2D eigenvalue weighted by atomic mass is 9.77. The van der Waals surface area contributed by atoms with E-state index in [-0.39, 0.29) is 0 Å². The number of hydrogen-bond donors (Lipinski definition) is 1. The van der Waals surface area contributed by atoms with Crippen molar-refractivity contribution >= 4 is 0 Å².